The fourth-order valence-electron chi connectivity index (χ4n) is 8.55. The van der Waals surface area contributed by atoms with Crippen LogP contribution in [0.1, 0.15) is 0 Å². The second-order valence-electron chi connectivity index (χ2n) is 15.3. The summed E-state index contributed by atoms with van der Waals surface area (Å²) in [5.41, 5.74) is 12.4. The van der Waals surface area contributed by atoms with Gasteiger partial charge in [-0.25, -0.2) is 24.9 Å². The van der Waals surface area contributed by atoms with Crippen molar-refractivity contribution in [3.8, 4) is 73.6 Å². The first-order chi connectivity index (χ1) is 30.7. The van der Waals surface area contributed by atoms with Gasteiger partial charge in [-0.3, -0.25) is 0 Å². The summed E-state index contributed by atoms with van der Waals surface area (Å²) in [7, 11) is 0. The highest BCUT2D eigenvalue weighted by atomic mass is 16.3. The van der Waals surface area contributed by atoms with Gasteiger partial charge >= 0.3 is 0 Å². The van der Waals surface area contributed by atoms with Gasteiger partial charge < -0.3 is 8.98 Å². The van der Waals surface area contributed by atoms with E-state index in [0.29, 0.717) is 34.6 Å². The Morgan fingerprint density at radius 3 is 1.50 bits per heavy atom. The topological polar surface area (TPSA) is 82.5 Å². The SMILES string of the molecule is c1ccc(-c2cccc(-c3nc(-c4cc(-c5nc(-c6ccccc6)nc(-c6ccccc6)n5)ccc4-n4c5ccccc5c5ccccc54)nc4c3oc3ccccc34)c2)cc1. The van der Waals surface area contributed by atoms with Crippen molar-refractivity contribution in [3.63, 3.8) is 0 Å². The van der Waals surface area contributed by atoms with E-state index in [2.05, 4.69) is 126 Å². The predicted octanol–water partition coefficient (Wildman–Crippen LogP) is 13.7. The molecule has 0 spiro atoms. The van der Waals surface area contributed by atoms with Gasteiger partial charge in [-0.1, -0.05) is 158 Å². The number of benzene rings is 8. The van der Waals surface area contributed by atoms with Crippen molar-refractivity contribution in [2.45, 2.75) is 0 Å². The average molecular weight is 795 g/mol. The molecule has 0 saturated heterocycles. The quantitative estimate of drug-likeness (QED) is 0.160. The molecule has 0 amide bonds. The minimum absolute atomic E-state index is 0.540. The van der Waals surface area contributed by atoms with Crippen molar-refractivity contribution >= 4 is 43.9 Å². The highest BCUT2D eigenvalue weighted by Gasteiger charge is 2.23. The Kier molecular flexibility index (Phi) is 8.35. The number of fused-ring (bicyclic) bond motifs is 6. The zero-order chi connectivity index (χ0) is 41.0. The maximum Gasteiger partial charge on any atom is 0.180 e. The third kappa shape index (κ3) is 6.02. The van der Waals surface area contributed by atoms with E-state index < -0.39 is 0 Å². The molecule has 0 fully saturated rings. The van der Waals surface area contributed by atoms with Crippen LogP contribution in [0.3, 0.4) is 0 Å². The molecule has 8 aromatic carbocycles. The Labute approximate surface area is 356 Å². The number of para-hydroxylation sites is 3. The number of furan rings is 1. The lowest BCUT2D eigenvalue weighted by Gasteiger charge is -2.16. The van der Waals surface area contributed by atoms with Crippen LogP contribution in [0.25, 0.3) is 117 Å². The molecule has 4 heterocycles. The maximum absolute atomic E-state index is 6.64. The van der Waals surface area contributed by atoms with Crippen molar-refractivity contribution in [3.05, 3.63) is 206 Å². The molecule has 62 heavy (non-hydrogen) atoms. The summed E-state index contributed by atoms with van der Waals surface area (Å²) in [4.78, 5) is 26.2. The number of aromatic nitrogens is 6. The molecule has 7 heteroatoms. The van der Waals surface area contributed by atoms with E-state index in [-0.39, 0.29) is 0 Å². The van der Waals surface area contributed by atoms with Crippen LogP contribution in [0.4, 0.5) is 0 Å². The average Bonchev–Trinajstić information content (AvgIpc) is 3.90. The Hall–Kier alpha value is -8.55. The van der Waals surface area contributed by atoms with Gasteiger partial charge in [-0.15, -0.1) is 0 Å². The minimum Gasteiger partial charge on any atom is -0.452 e. The molecular weight excluding hydrogens is 761 g/mol. The van der Waals surface area contributed by atoms with Crippen LogP contribution >= 0.6 is 0 Å². The molecule has 290 valence electrons. The largest absolute Gasteiger partial charge is 0.452 e. The molecule has 0 aliphatic rings. The first-order valence-corrected chi connectivity index (χ1v) is 20.6. The number of hydrogen-bond acceptors (Lipinski definition) is 6. The van der Waals surface area contributed by atoms with Gasteiger partial charge in [0.15, 0.2) is 28.9 Å². The van der Waals surface area contributed by atoms with E-state index >= 15 is 0 Å². The molecule has 7 nitrogen and oxygen atoms in total. The third-order valence-electron chi connectivity index (χ3n) is 11.5. The molecule has 0 radical (unpaired) electrons. The zero-order valence-corrected chi connectivity index (χ0v) is 33.2. The molecule has 0 unspecified atom stereocenters. The van der Waals surface area contributed by atoms with Crippen molar-refractivity contribution in [1.82, 2.24) is 29.5 Å². The van der Waals surface area contributed by atoms with Gasteiger partial charge in [-0.05, 0) is 59.7 Å². The molecule has 0 N–H and O–H groups in total. The molecule has 4 aromatic heterocycles. The van der Waals surface area contributed by atoms with Crippen molar-refractivity contribution in [2.75, 3.05) is 0 Å². The van der Waals surface area contributed by atoms with Crippen LogP contribution in [-0.2, 0) is 0 Å². The number of rotatable bonds is 7. The lowest BCUT2D eigenvalue weighted by Crippen LogP contribution is -2.03. The van der Waals surface area contributed by atoms with Crippen molar-refractivity contribution in [1.29, 1.82) is 0 Å². The summed E-state index contributed by atoms with van der Waals surface area (Å²) in [6.07, 6.45) is 0. The first kappa shape index (κ1) is 35.4. The van der Waals surface area contributed by atoms with Gasteiger partial charge in [0.2, 0.25) is 0 Å². The summed E-state index contributed by atoms with van der Waals surface area (Å²) < 4.78 is 8.96. The lowest BCUT2D eigenvalue weighted by atomic mass is 10.0. The van der Waals surface area contributed by atoms with Crippen molar-refractivity contribution < 1.29 is 4.42 Å². The van der Waals surface area contributed by atoms with Gasteiger partial charge in [0.05, 0.1) is 16.7 Å². The van der Waals surface area contributed by atoms with Crippen LogP contribution in [-0.4, -0.2) is 29.5 Å². The molecule has 0 aliphatic carbocycles. The van der Waals surface area contributed by atoms with E-state index in [1.54, 1.807) is 0 Å². The van der Waals surface area contributed by atoms with E-state index in [1.807, 2.05) is 84.9 Å². The summed E-state index contributed by atoms with van der Waals surface area (Å²) in [6, 6.07) is 70.5. The van der Waals surface area contributed by atoms with Crippen LogP contribution < -0.4 is 0 Å². The first-order valence-electron chi connectivity index (χ1n) is 20.6. The monoisotopic (exact) mass is 794 g/mol. The molecule has 0 bridgehead atoms. The number of hydrogen-bond donors (Lipinski definition) is 0. The fourth-order valence-corrected chi connectivity index (χ4v) is 8.55. The Bertz CT molecular complexity index is 3520. The second-order valence-corrected chi connectivity index (χ2v) is 15.3. The molecular formula is C55H34N6O. The molecule has 0 atom stereocenters. The van der Waals surface area contributed by atoms with Crippen LogP contribution in [0.5, 0.6) is 0 Å². The van der Waals surface area contributed by atoms with Gasteiger partial charge in [0.1, 0.15) is 16.8 Å². The van der Waals surface area contributed by atoms with Gasteiger partial charge in [-0.2, -0.15) is 0 Å². The fraction of sp³-hybridized carbons (Fsp3) is 0. The van der Waals surface area contributed by atoms with E-state index in [9.17, 15) is 0 Å². The lowest BCUT2D eigenvalue weighted by molar-refractivity contribution is 0.667. The molecule has 12 aromatic rings. The Morgan fingerprint density at radius 1 is 0.339 bits per heavy atom. The molecule has 0 saturated carbocycles. The summed E-state index contributed by atoms with van der Waals surface area (Å²) in [5, 5.41) is 3.23. The van der Waals surface area contributed by atoms with Gasteiger partial charge in [0.25, 0.3) is 0 Å². The van der Waals surface area contributed by atoms with E-state index in [0.717, 1.165) is 82.9 Å². The number of nitrogens with zero attached hydrogens (tertiary/aromatic N) is 6. The second kappa shape index (κ2) is 14.6. The van der Waals surface area contributed by atoms with Crippen molar-refractivity contribution in [2.24, 2.45) is 0 Å². The van der Waals surface area contributed by atoms with E-state index in [4.69, 9.17) is 29.3 Å². The van der Waals surface area contributed by atoms with E-state index in [1.165, 1.54) is 0 Å². The van der Waals surface area contributed by atoms with Crippen LogP contribution in [0.15, 0.2) is 211 Å². The molecule has 12 rings (SSSR count). The zero-order valence-electron chi connectivity index (χ0n) is 33.2. The predicted molar refractivity (Wildman–Crippen MR) is 250 cm³/mol. The third-order valence-corrected chi connectivity index (χ3v) is 11.5. The minimum atomic E-state index is 0.540. The molecule has 0 aliphatic heterocycles. The smallest absolute Gasteiger partial charge is 0.180 e. The summed E-state index contributed by atoms with van der Waals surface area (Å²) in [5.74, 6) is 2.26. The normalized spacial score (nSPS) is 11.5. The van der Waals surface area contributed by atoms with Crippen LogP contribution in [0.2, 0.25) is 0 Å². The Balaban J connectivity index is 1.16. The van der Waals surface area contributed by atoms with Crippen LogP contribution in [0, 0.1) is 0 Å². The summed E-state index contributed by atoms with van der Waals surface area (Å²) >= 11 is 0. The highest BCUT2D eigenvalue weighted by Crippen LogP contribution is 2.41. The summed E-state index contributed by atoms with van der Waals surface area (Å²) in [6.45, 7) is 0. The highest BCUT2D eigenvalue weighted by molar-refractivity contribution is 6.10. The Morgan fingerprint density at radius 2 is 0.855 bits per heavy atom. The standard InChI is InChI=1S/C55H34N6O/c1-4-17-35(18-5-1)38-23-16-24-39(33-38)49-51-50(43-27-12-15-30-48(43)62-51)57-55(56-49)44-34-40(31-32-47(44)61-45-28-13-10-25-41(45)42-26-11-14-29-46(42)61)54-59-52(36-19-6-2-7-20-36)58-53(60-54)37-21-8-3-9-22-37/h1-34H. The van der Waals surface area contributed by atoms with Gasteiger partial charge in [0, 0.05) is 44.0 Å². The maximum atomic E-state index is 6.64.